The Hall–Kier alpha value is -5.04. The van der Waals surface area contributed by atoms with Gasteiger partial charge in [0, 0.05) is 70.2 Å². The Bertz CT molecular complexity index is 2500. The number of hydrogen-bond donors (Lipinski definition) is 2. The van der Waals surface area contributed by atoms with Gasteiger partial charge in [-0.05, 0) is 56.5 Å². The number of nitrogens with one attached hydrogen (secondary N) is 2. The molecule has 8 heterocycles. The van der Waals surface area contributed by atoms with E-state index < -0.39 is 34.9 Å². The third-order valence-electron chi connectivity index (χ3n) is 13.4. The minimum absolute atomic E-state index is 0.0121. The van der Waals surface area contributed by atoms with Gasteiger partial charge in [-0.2, -0.15) is 5.26 Å². The molecule has 306 valence electrons. The lowest BCUT2D eigenvalue weighted by Crippen LogP contribution is -2.69. The first-order valence-corrected chi connectivity index (χ1v) is 21.2. The molecule has 3 aromatic carbocycles. The number of H-pyrrole nitrogens is 1. The number of esters is 1. The van der Waals surface area contributed by atoms with Gasteiger partial charge in [0.1, 0.15) is 30.5 Å². The zero-order valence-electron chi connectivity index (χ0n) is 33.8. The van der Waals surface area contributed by atoms with Crippen molar-refractivity contribution in [3.05, 3.63) is 87.6 Å². The van der Waals surface area contributed by atoms with Crippen molar-refractivity contribution in [2.75, 3.05) is 53.1 Å². The Kier molecular flexibility index (Phi) is 9.26. The molecule has 1 aromatic heterocycles. The van der Waals surface area contributed by atoms with Crippen molar-refractivity contribution in [1.29, 1.82) is 5.26 Å². The molecule has 4 bridgehead atoms. The smallest absolute Gasteiger partial charge is 0.308 e. The first-order chi connectivity index (χ1) is 28.6. The number of thioether (sulfide) groups is 1. The Morgan fingerprint density at radius 1 is 1.15 bits per heavy atom. The predicted octanol–water partition coefficient (Wildman–Crippen LogP) is 5.66. The van der Waals surface area contributed by atoms with Gasteiger partial charge in [-0.15, -0.1) is 11.8 Å². The van der Waals surface area contributed by atoms with Crippen molar-refractivity contribution in [2.24, 2.45) is 0 Å². The summed E-state index contributed by atoms with van der Waals surface area (Å²) in [6.07, 6.45) is 3.08. The number of methoxy groups -OCH3 is 1. The molecule has 1 spiro atoms. The highest BCUT2D eigenvalue weighted by Crippen LogP contribution is 2.64. The van der Waals surface area contributed by atoms with Gasteiger partial charge in [0.25, 0.3) is 0 Å². The van der Waals surface area contributed by atoms with Crippen LogP contribution < -0.4 is 29.0 Å². The number of carbonyl (C=O) groups is 2. The summed E-state index contributed by atoms with van der Waals surface area (Å²) < 4.78 is 38.0. The Morgan fingerprint density at radius 2 is 1.97 bits per heavy atom. The number of fused-ring (bicyclic) bond motifs is 12. The number of rotatable bonds is 5. The number of Topliss-reactive ketones (excluding diaryl/α,β-unsaturated/α-hetero) is 1. The minimum atomic E-state index is -1.14. The molecule has 2 fully saturated rings. The summed E-state index contributed by atoms with van der Waals surface area (Å²) in [4.78, 5) is 36.4. The second-order valence-electron chi connectivity index (χ2n) is 16.4. The number of piperazine rings is 1. The number of aromatic nitrogens is 1. The van der Waals surface area contributed by atoms with Crippen LogP contribution in [0, 0.1) is 25.2 Å². The number of benzene rings is 3. The fourth-order valence-electron chi connectivity index (χ4n) is 11.1. The SMILES string of the molecule is C=CCOc1c(OC)c(C)cc2c1[C@@H]1C3[C@@H]4SC[C@]5(NCCc6c5[nH]c5ccccc65)C(=O)COC[C@H](c5c6c(c(C)c(OC(C)=O)c54)OCO6)N3[C@@H](C#N)[C@H](C2)N1C. The van der Waals surface area contributed by atoms with Crippen LogP contribution in [0.1, 0.15) is 68.9 Å². The maximum atomic E-state index is 15.0. The van der Waals surface area contributed by atoms with Gasteiger partial charge < -0.3 is 33.4 Å². The summed E-state index contributed by atoms with van der Waals surface area (Å²) in [5, 5.41) is 15.7. The summed E-state index contributed by atoms with van der Waals surface area (Å²) in [6, 6.07) is 10.9. The third-order valence-corrected chi connectivity index (χ3v) is 14.9. The highest BCUT2D eigenvalue weighted by Gasteiger charge is 2.61. The van der Waals surface area contributed by atoms with Crippen LogP contribution in [-0.4, -0.2) is 97.7 Å². The van der Waals surface area contributed by atoms with Crippen molar-refractivity contribution in [2.45, 2.75) is 74.6 Å². The van der Waals surface area contributed by atoms with Gasteiger partial charge in [0.05, 0.1) is 37.1 Å². The van der Waals surface area contributed by atoms with Gasteiger partial charge in [0.15, 0.2) is 28.8 Å². The van der Waals surface area contributed by atoms with E-state index in [4.69, 9.17) is 28.4 Å². The van der Waals surface area contributed by atoms with Gasteiger partial charge in [-0.3, -0.25) is 24.7 Å². The number of hydrogen-bond acceptors (Lipinski definition) is 13. The molecule has 0 aliphatic carbocycles. The number of ether oxygens (including phenoxy) is 6. The molecule has 2 N–H and O–H groups in total. The van der Waals surface area contributed by atoms with E-state index in [-0.39, 0.29) is 44.5 Å². The van der Waals surface area contributed by atoms with Crippen molar-refractivity contribution in [3.8, 4) is 34.8 Å². The number of aryl methyl sites for hydroxylation is 1. The van der Waals surface area contributed by atoms with Gasteiger partial charge >= 0.3 is 5.97 Å². The van der Waals surface area contributed by atoms with Crippen molar-refractivity contribution in [1.82, 2.24) is 20.1 Å². The second-order valence-corrected chi connectivity index (χ2v) is 17.5. The molecule has 59 heavy (non-hydrogen) atoms. The molecular weight excluding hydrogens is 771 g/mol. The predicted molar refractivity (Wildman–Crippen MR) is 221 cm³/mol. The fraction of sp³-hybridized carbons (Fsp3) is 0.444. The molecule has 7 atom stereocenters. The van der Waals surface area contributed by atoms with Crippen molar-refractivity contribution < 1.29 is 38.0 Å². The fourth-order valence-corrected chi connectivity index (χ4v) is 12.8. The standard InChI is InChI=1S/C45H47N5O8S/c1-7-14-55-41-33-25(15-22(2)38(41)53-6)16-29-30(17-46)50-31-18-54-19-32(52)45(44-27(12-13-47-45)26-10-8-9-11-28(26)48-44)20-59-43(37(50)36(33)49(29)5)35-34(31)42-40(56-21-57-42)23(3)39(35)58-24(4)51/h7-11,15,29-31,36-37,43,47-48H,1,12-14,16,18-21H2,2-6H3/t29-,30-,31+,36+,37?,43+,45-/m0/s1. The van der Waals surface area contributed by atoms with Crippen LogP contribution >= 0.6 is 11.8 Å². The summed E-state index contributed by atoms with van der Waals surface area (Å²) in [5.41, 5.74) is 6.99. The first kappa shape index (κ1) is 38.2. The molecule has 0 amide bonds. The van der Waals surface area contributed by atoms with Gasteiger partial charge in [-0.25, -0.2) is 0 Å². The van der Waals surface area contributed by atoms with E-state index in [0.29, 0.717) is 53.0 Å². The highest BCUT2D eigenvalue weighted by atomic mass is 32.2. The van der Waals surface area contributed by atoms with Crippen LogP contribution in [0.3, 0.4) is 0 Å². The van der Waals surface area contributed by atoms with Crippen LogP contribution in [0.4, 0.5) is 0 Å². The Balaban J connectivity index is 1.26. The van der Waals surface area contributed by atoms with Crippen LogP contribution in [0.25, 0.3) is 10.9 Å². The third kappa shape index (κ3) is 5.44. The van der Waals surface area contributed by atoms with E-state index >= 15 is 0 Å². The number of nitriles is 1. The van der Waals surface area contributed by atoms with E-state index in [2.05, 4.69) is 51.9 Å². The van der Waals surface area contributed by atoms with Crippen LogP contribution in [0.2, 0.25) is 0 Å². The minimum Gasteiger partial charge on any atom is -0.493 e. The summed E-state index contributed by atoms with van der Waals surface area (Å²) in [6.45, 7) is 10.00. The van der Waals surface area contributed by atoms with E-state index in [1.54, 1.807) is 24.9 Å². The summed E-state index contributed by atoms with van der Waals surface area (Å²) in [7, 11) is 3.75. The largest absolute Gasteiger partial charge is 0.493 e. The number of carbonyl (C=O) groups excluding carboxylic acids is 2. The van der Waals surface area contributed by atoms with Crippen molar-refractivity contribution >= 4 is 34.4 Å². The normalized spacial score (nSPS) is 28.2. The summed E-state index contributed by atoms with van der Waals surface area (Å²) >= 11 is 1.63. The number of para-hydroxylation sites is 1. The maximum Gasteiger partial charge on any atom is 0.308 e. The maximum absolute atomic E-state index is 15.0. The van der Waals surface area contributed by atoms with E-state index in [9.17, 15) is 14.9 Å². The average molecular weight is 818 g/mol. The van der Waals surface area contributed by atoms with E-state index in [1.165, 1.54) is 6.92 Å². The molecule has 7 aliphatic heterocycles. The topological polar surface area (TPSA) is 148 Å². The molecule has 1 unspecified atom stereocenters. The number of aromatic amines is 1. The Labute approximate surface area is 346 Å². The summed E-state index contributed by atoms with van der Waals surface area (Å²) in [5.74, 6) is 2.49. The van der Waals surface area contributed by atoms with Crippen LogP contribution in [-0.2, 0) is 32.7 Å². The zero-order chi connectivity index (χ0) is 40.9. The molecule has 7 aliphatic rings. The molecule has 0 radical (unpaired) electrons. The zero-order valence-corrected chi connectivity index (χ0v) is 34.6. The molecule has 13 nitrogen and oxygen atoms in total. The number of likely N-dealkylation sites (N-methyl/N-ethyl adjacent to an activating group) is 1. The van der Waals surface area contributed by atoms with E-state index in [0.717, 1.165) is 56.4 Å². The highest BCUT2D eigenvalue weighted by molar-refractivity contribution is 7.99. The number of ketones is 1. The van der Waals surface area contributed by atoms with Crippen LogP contribution in [0.15, 0.2) is 43.0 Å². The number of nitrogens with zero attached hydrogens (tertiary/aromatic N) is 3. The van der Waals surface area contributed by atoms with Gasteiger partial charge in [0.2, 0.25) is 6.79 Å². The Morgan fingerprint density at radius 3 is 2.75 bits per heavy atom. The first-order valence-electron chi connectivity index (χ1n) is 20.2. The lowest BCUT2D eigenvalue weighted by molar-refractivity contribution is -0.133. The average Bonchev–Trinajstić information content (AvgIpc) is 3.86. The quantitative estimate of drug-likeness (QED) is 0.145. The van der Waals surface area contributed by atoms with Crippen LogP contribution in [0.5, 0.6) is 28.7 Å². The lowest BCUT2D eigenvalue weighted by atomic mass is 9.71. The van der Waals surface area contributed by atoms with Crippen molar-refractivity contribution in [3.63, 3.8) is 0 Å². The molecule has 2 saturated heterocycles. The lowest BCUT2D eigenvalue weighted by Gasteiger charge is -2.61. The van der Waals surface area contributed by atoms with Gasteiger partial charge in [-0.1, -0.05) is 36.9 Å². The second kappa shape index (κ2) is 14.3. The monoisotopic (exact) mass is 817 g/mol. The molecule has 14 heteroatoms. The molecule has 4 aromatic rings. The molecular formula is C45H47N5O8S. The molecule has 11 rings (SSSR count). The van der Waals surface area contributed by atoms with E-state index in [1.807, 2.05) is 32.0 Å². The molecule has 0 saturated carbocycles.